The van der Waals surface area contributed by atoms with Gasteiger partial charge in [0.05, 0.1) is 12.9 Å². The Morgan fingerprint density at radius 3 is 2.62 bits per heavy atom. The van der Waals surface area contributed by atoms with Gasteiger partial charge in [0.25, 0.3) is 0 Å². The topological polar surface area (TPSA) is 66.9 Å². The largest absolute Gasteiger partial charge is 0.272 e. The van der Waals surface area contributed by atoms with Crippen LogP contribution in [-0.4, -0.2) is 56.2 Å². The highest BCUT2D eigenvalue weighted by Gasteiger charge is 2.53. The number of hydrogen-bond acceptors (Lipinski definition) is 4. The van der Waals surface area contributed by atoms with Crippen molar-refractivity contribution in [2.75, 3.05) is 32.5 Å². The highest BCUT2D eigenvalue weighted by molar-refractivity contribution is 7.88. The number of amides is 1. The van der Waals surface area contributed by atoms with E-state index in [1.54, 1.807) is 0 Å². The third-order valence-corrected chi connectivity index (χ3v) is 6.52. The standard InChI is InChI=1S/C14H24N2O4S/c1-21(18,19)15-9-7-14(11-15)6-4-5-12(14)13(17)16-8-2-3-10-20-16/h12H,2-11H2,1H3. The smallest absolute Gasteiger partial charge is 0.249 e. The van der Waals surface area contributed by atoms with Crippen LogP contribution in [0.15, 0.2) is 0 Å². The maximum absolute atomic E-state index is 12.8. The minimum Gasteiger partial charge on any atom is -0.272 e. The van der Waals surface area contributed by atoms with Crippen molar-refractivity contribution in [2.45, 2.75) is 38.5 Å². The van der Waals surface area contributed by atoms with Crippen molar-refractivity contribution in [1.29, 1.82) is 0 Å². The Balaban J connectivity index is 1.75. The Kier molecular flexibility index (Phi) is 4.00. The Morgan fingerprint density at radius 1 is 1.19 bits per heavy atom. The predicted octanol–water partition coefficient (Wildman–Crippen LogP) is 0.992. The van der Waals surface area contributed by atoms with E-state index < -0.39 is 10.0 Å². The molecule has 1 spiro atoms. The molecule has 3 aliphatic rings. The molecule has 2 aliphatic heterocycles. The average molecular weight is 316 g/mol. The second-order valence-corrected chi connectivity index (χ2v) is 8.62. The first-order valence-electron chi connectivity index (χ1n) is 7.82. The van der Waals surface area contributed by atoms with Crippen LogP contribution in [0.3, 0.4) is 0 Å². The van der Waals surface area contributed by atoms with Gasteiger partial charge in [0.1, 0.15) is 0 Å². The highest BCUT2D eigenvalue weighted by atomic mass is 32.2. The van der Waals surface area contributed by atoms with Crippen molar-refractivity contribution in [1.82, 2.24) is 9.37 Å². The minimum atomic E-state index is -3.16. The summed E-state index contributed by atoms with van der Waals surface area (Å²) < 4.78 is 25.1. The van der Waals surface area contributed by atoms with Crippen molar-refractivity contribution >= 4 is 15.9 Å². The van der Waals surface area contributed by atoms with Crippen LogP contribution >= 0.6 is 0 Å². The lowest BCUT2D eigenvalue weighted by molar-refractivity contribution is -0.204. The Bertz CT molecular complexity index is 515. The maximum atomic E-state index is 12.8. The number of hydrogen-bond donors (Lipinski definition) is 0. The average Bonchev–Trinajstić information content (AvgIpc) is 3.07. The molecule has 0 radical (unpaired) electrons. The molecule has 0 bridgehead atoms. The van der Waals surface area contributed by atoms with E-state index in [2.05, 4.69) is 0 Å². The van der Waals surface area contributed by atoms with Crippen LogP contribution in [0, 0.1) is 11.3 Å². The maximum Gasteiger partial charge on any atom is 0.249 e. The van der Waals surface area contributed by atoms with Gasteiger partial charge in [-0.15, -0.1) is 0 Å². The zero-order chi connectivity index (χ0) is 15.1. The molecule has 0 aromatic heterocycles. The molecule has 21 heavy (non-hydrogen) atoms. The highest BCUT2D eigenvalue weighted by Crippen LogP contribution is 2.50. The Hall–Kier alpha value is -0.660. The van der Waals surface area contributed by atoms with Gasteiger partial charge < -0.3 is 0 Å². The van der Waals surface area contributed by atoms with E-state index in [9.17, 15) is 13.2 Å². The van der Waals surface area contributed by atoms with Crippen LogP contribution in [-0.2, 0) is 19.7 Å². The molecule has 7 heteroatoms. The number of hydroxylamine groups is 2. The molecule has 3 fully saturated rings. The molecule has 0 aromatic carbocycles. The summed E-state index contributed by atoms with van der Waals surface area (Å²) in [7, 11) is -3.16. The van der Waals surface area contributed by atoms with Crippen LogP contribution in [0.4, 0.5) is 0 Å². The summed E-state index contributed by atoms with van der Waals surface area (Å²) in [5.74, 6) is -0.00935. The molecule has 2 saturated heterocycles. The molecular weight excluding hydrogens is 292 g/mol. The lowest BCUT2D eigenvalue weighted by Gasteiger charge is -2.35. The monoisotopic (exact) mass is 316 g/mol. The second-order valence-electron chi connectivity index (χ2n) is 6.63. The van der Waals surface area contributed by atoms with Crippen LogP contribution in [0.5, 0.6) is 0 Å². The number of rotatable bonds is 2. The van der Waals surface area contributed by atoms with E-state index in [-0.39, 0.29) is 17.2 Å². The van der Waals surface area contributed by atoms with Gasteiger partial charge in [0.2, 0.25) is 15.9 Å². The van der Waals surface area contributed by atoms with Crippen LogP contribution < -0.4 is 0 Å². The first kappa shape index (κ1) is 15.2. The van der Waals surface area contributed by atoms with Gasteiger partial charge >= 0.3 is 0 Å². The van der Waals surface area contributed by atoms with Gasteiger partial charge in [0.15, 0.2) is 0 Å². The molecule has 1 saturated carbocycles. The predicted molar refractivity (Wildman–Crippen MR) is 77.7 cm³/mol. The molecule has 2 unspecified atom stereocenters. The van der Waals surface area contributed by atoms with Crippen molar-refractivity contribution in [3.05, 3.63) is 0 Å². The molecule has 3 rings (SSSR count). The summed E-state index contributed by atoms with van der Waals surface area (Å²) in [5.41, 5.74) is -0.166. The van der Waals surface area contributed by atoms with Gasteiger partial charge in [-0.1, -0.05) is 6.42 Å². The number of sulfonamides is 1. The van der Waals surface area contributed by atoms with Crippen molar-refractivity contribution in [2.24, 2.45) is 11.3 Å². The van der Waals surface area contributed by atoms with E-state index in [1.165, 1.54) is 15.6 Å². The summed E-state index contributed by atoms with van der Waals surface area (Å²) >= 11 is 0. The SMILES string of the molecule is CS(=O)(=O)N1CCC2(CCCC2C(=O)N2CCCCO2)C1. The molecule has 0 N–H and O–H groups in total. The lowest BCUT2D eigenvalue weighted by Crippen LogP contribution is -2.45. The molecule has 120 valence electrons. The van der Waals surface area contributed by atoms with Crippen molar-refractivity contribution < 1.29 is 18.0 Å². The fraction of sp³-hybridized carbons (Fsp3) is 0.929. The van der Waals surface area contributed by atoms with Gasteiger partial charge in [-0.25, -0.2) is 17.8 Å². The second kappa shape index (κ2) is 5.52. The zero-order valence-electron chi connectivity index (χ0n) is 12.6. The van der Waals surface area contributed by atoms with E-state index in [1.807, 2.05) is 0 Å². The molecule has 1 aliphatic carbocycles. The molecule has 2 atom stereocenters. The van der Waals surface area contributed by atoms with Crippen molar-refractivity contribution in [3.63, 3.8) is 0 Å². The fourth-order valence-corrected chi connectivity index (χ4v) is 5.01. The van der Waals surface area contributed by atoms with E-state index >= 15 is 0 Å². The summed E-state index contributed by atoms with van der Waals surface area (Å²) in [6, 6.07) is 0. The normalized spacial score (nSPS) is 34.7. The van der Waals surface area contributed by atoms with Crippen LogP contribution in [0.1, 0.15) is 38.5 Å². The van der Waals surface area contributed by atoms with Gasteiger partial charge in [0, 0.05) is 25.6 Å². The molecule has 6 nitrogen and oxygen atoms in total. The third-order valence-electron chi connectivity index (χ3n) is 5.27. The first-order valence-corrected chi connectivity index (χ1v) is 9.67. The molecule has 0 aromatic rings. The quantitative estimate of drug-likeness (QED) is 0.762. The Morgan fingerprint density at radius 2 is 2.00 bits per heavy atom. The van der Waals surface area contributed by atoms with Crippen LogP contribution in [0.2, 0.25) is 0 Å². The molecule has 2 heterocycles. The van der Waals surface area contributed by atoms with Gasteiger partial charge in [-0.05, 0) is 37.5 Å². The summed E-state index contributed by atoms with van der Waals surface area (Å²) in [5, 5.41) is 1.53. The van der Waals surface area contributed by atoms with Gasteiger partial charge in [-0.2, -0.15) is 0 Å². The fourth-order valence-electron chi connectivity index (χ4n) is 4.10. The number of nitrogens with zero attached hydrogens (tertiary/aromatic N) is 2. The van der Waals surface area contributed by atoms with Gasteiger partial charge in [-0.3, -0.25) is 9.63 Å². The third kappa shape index (κ3) is 2.83. The van der Waals surface area contributed by atoms with E-state index in [0.29, 0.717) is 26.2 Å². The van der Waals surface area contributed by atoms with E-state index in [0.717, 1.165) is 38.5 Å². The first-order chi connectivity index (χ1) is 9.92. The summed E-state index contributed by atoms with van der Waals surface area (Å²) in [6.07, 6.45) is 6.85. The van der Waals surface area contributed by atoms with Crippen molar-refractivity contribution in [3.8, 4) is 0 Å². The number of carbonyl (C=O) groups is 1. The molecule has 1 amide bonds. The lowest BCUT2D eigenvalue weighted by atomic mass is 9.76. The van der Waals surface area contributed by atoms with E-state index in [4.69, 9.17) is 4.84 Å². The summed E-state index contributed by atoms with van der Waals surface area (Å²) in [6.45, 7) is 2.32. The zero-order valence-corrected chi connectivity index (χ0v) is 13.4. The Labute approximate surface area is 126 Å². The molecular formula is C14H24N2O4S. The summed E-state index contributed by atoms with van der Waals surface area (Å²) in [4.78, 5) is 18.3. The minimum absolute atomic E-state index is 0.0718. The number of carbonyl (C=O) groups excluding carboxylic acids is 1. The van der Waals surface area contributed by atoms with Crippen LogP contribution in [0.25, 0.3) is 0 Å².